The molecule has 0 saturated carbocycles. The molecule has 1 aliphatic heterocycles. The first-order valence-electron chi connectivity index (χ1n) is 5.11. The van der Waals surface area contributed by atoms with Crippen molar-refractivity contribution >= 4 is 0 Å². The van der Waals surface area contributed by atoms with Crippen LogP contribution in [-0.2, 0) is 11.3 Å². The van der Waals surface area contributed by atoms with E-state index in [9.17, 15) is 0 Å². The number of aromatic nitrogens is 2. The molecular formula is C10H17N3O. The molecule has 0 spiro atoms. The van der Waals surface area contributed by atoms with Crippen LogP contribution in [0.5, 0.6) is 0 Å². The van der Waals surface area contributed by atoms with Gasteiger partial charge in [0.15, 0.2) is 0 Å². The number of ether oxygens (including phenoxy) is 1. The van der Waals surface area contributed by atoms with Crippen LogP contribution < -0.4 is 5.32 Å². The molecule has 1 aromatic rings. The van der Waals surface area contributed by atoms with Gasteiger partial charge in [0, 0.05) is 24.9 Å². The van der Waals surface area contributed by atoms with Crippen molar-refractivity contribution in [3.05, 3.63) is 17.5 Å². The van der Waals surface area contributed by atoms with Gasteiger partial charge in [-0.25, -0.2) is 0 Å². The highest BCUT2D eigenvalue weighted by Gasteiger charge is 2.23. The molecule has 1 saturated heterocycles. The van der Waals surface area contributed by atoms with E-state index < -0.39 is 0 Å². The normalized spacial score (nSPS) is 27.0. The minimum absolute atomic E-state index is 0.329. The number of hydrogen-bond acceptors (Lipinski definition) is 3. The Hall–Kier alpha value is -0.870. The zero-order valence-corrected chi connectivity index (χ0v) is 8.71. The van der Waals surface area contributed by atoms with Gasteiger partial charge in [0.2, 0.25) is 0 Å². The monoisotopic (exact) mass is 195 g/mol. The van der Waals surface area contributed by atoms with Gasteiger partial charge in [-0.2, -0.15) is 5.10 Å². The molecule has 0 amide bonds. The van der Waals surface area contributed by atoms with E-state index in [-0.39, 0.29) is 0 Å². The van der Waals surface area contributed by atoms with Gasteiger partial charge in [0.1, 0.15) is 0 Å². The van der Waals surface area contributed by atoms with Crippen LogP contribution in [0.15, 0.2) is 6.07 Å². The molecule has 1 fully saturated rings. The van der Waals surface area contributed by atoms with Crippen LogP contribution in [0.3, 0.4) is 0 Å². The van der Waals surface area contributed by atoms with Crippen molar-refractivity contribution < 1.29 is 4.74 Å². The van der Waals surface area contributed by atoms with E-state index in [1.54, 1.807) is 0 Å². The third-order valence-corrected chi connectivity index (χ3v) is 2.68. The molecule has 2 atom stereocenters. The van der Waals surface area contributed by atoms with Crippen LogP contribution in [-0.4, -0.2) is 29.0 Å². The van der Waals surface area contributed by atoms with Gasteiger partial charge in [-0.1, -0.05) is 0 Å². The molecule has 1 aliphatic rings. The summed E-state index contributed by atoms with van der Waals surface area (Å²) in [6.45, 7) is 5.82. The third kappa shape index (κ3) is 2.13. The van der Waals surface area contributed by atoms with Gasteiger partial charge >= 0.3 is 0 Å². The summed E-state index contributed by atoms with van der Waals surface area (Å²) < 4.78 is 5.47. The molecular weight excluding hydrogens is 178 g/mol. The van der Waals surface area contributed by atoms with Gasteiger partial charge < -0.3 is 10.1 Å². The fourth-order valence-corrected chi connectivity index (χ4v) is 1.80. The molecule has 2 N–H and O–H groups in total. The summed E-state index contributed by atoms with van der Waals surface area (Å²) in [6.07, 6.45) is 1.43. The van der Waals surface area contributed by atoms with Gasteiger partial charge in [-0.15, -0.1) is 0 Å². The molecule has 0 aromatic carbocycles. The topological polar surface area (TPSA) is 49.9 Å². The Labute approximate surface area is 84.0 Å². The number of nitrogens with zero attached hydrogens (tertiary/aromatic N) is 1. The summed E-state index contributed by atoms with van der Waals surface area (Å²) in [7, 11) is 0. The Morgan fingerprint density at radius 3 is 3.14 bits per heavy atom. The number of rotatable bonds is 3. The maximum absolute atomic E-state index is 5.47. The van der Waals surface area contributed by atoms with Crippen LogP contribution in [0.1, 0.15) is 24.7 Å². The molecule has 0 radical (unpaired) electrons. The molecule has 2 rings (SSSR count). The van der Waals surface area contributed by atoms with Gasteiger partial charge in [0.05, 0.1) is 11.8 Å². The second-order valence-corrected chi connectivity index (χ2v) is 3.89. The van der Waals surface area contributed by atoms with Crippen molar-refractivity contribution in [2.24, 2.45) is 0 Å². The van der Waals surface area contributed by atoms with Crippen molar-refractivity contribution in [2.45, 2.75) is 39.0 Å². The van der Waals surface area contributed by atoms with E-state index in [2.05, 4.69) is 28.5 Å². The van der Waals surface area contributed by atoms with Crippen molar-refractivity contribution in [3.63, 3.8) is 0 Å². The van der Waals surface area contributed by atoms with Gasteiger partial charge in [0.25, 0.3) is 0 Å². The van der Waals surface area contributed by atoms with Crippen LogP contribution in [0.25, 0.3) is 0 Å². The number of nitrogens with one attached hydrogen (secondary N) is 2. The SMILES string of the molecule is Cc1cc(CNC2CCOC2C)n[nH]1. The smallest absolute Gasteiger partial charge is 0.0762 e. The minimum Gasteiger partial charge on any atom is -0.377 e. The predicted octanol–water partition coefficient (Wildman–Crippen LogP) is 0.985. The van der Waals surface area contributed by atoms with Crippen LogP contribution in [0.4, 0.5) is 0 Å². The second-order valence-electron chi connectivity index (χ2n) is 3.89. The van der Waals surface area contributed by atoms with Crippen molar-refractivity contribution in [1.82, 2.24) is 15.5 Å². The van der Waals surface area contributed by atoms with E-state index in [0.717, 1.165) is 31.0 Å². The molecule has 0 bridgehead atoms. The Morgan fingerprint density at radius 1 is 1.71 bits per heavy atom. The number of hydrogen-bond donors (Lipinski definition) is 2. The molecule has 2 heterocycles. The zero-order valence-electron chi connectivity index (χ0n) is 8.71. The molecule has 0 aliphatic carbocycles. The van der Waals surface area contributed by atoms with Crippen molar-refractivity contribution in [2.75, 3.05) is 6.61 Å². The van der Waals surface area contributed by atoms with Gasteiger partial charge in [-0.3, -0.25) is 5.10 Å². The molecule has 1 aromatic heterocycles. The quantitative estimate of drug-likeness (QED) is 0.756. The summed E-state index contributed by atoms with van der Waals surface area (Å²) in [5.74, 6) is 0. The molecule has 78 valence electrons. The first kappa shape index (κ1) is 9.68. The fourth-order valence-electron chi connectivity index (χ4n) is 1.80. The highest BCUT2D eigenvalue weighted by Crippen LogP contribution is 2.13. The van der Waals surface area contributed by atoms with Crippen molar-refractivity contribution in [3.8, 4) is 0 Å². The van der Waals surface area contributed by atoms with Crippen molar-refractivity contribution in [1.29, 1.82) is 0 Å². The van der Waals surface area contributed by atoms with E-state index in [1.165, 1.54) is 0 Å². The zero-order chi connectivity index (χ0) is 9.97. The lowest BCUT2D eigenvalue weighted by molar-refractivity contribution is 0.113. The first-order chi connectivity index (χ1) is 6.75. The maximum Gasteiger partial charge on any atom is 0.0762 e. The number of H-pyrrole nitrogens is 1. The molecule has 14 heavy (non-hydrogen) atoms. The number of aromatic amines is 1. The summed E-state index contributed by atoms with van der Waals surface area (Å²) in [5.41, 5.74) is 2.18. The van der Waals surface area contributed by atoms with E-state index in [0.29, 0.717) is 12.1 Å². The van der Waals surface area contributed by atoms with Gasteiger partial charge in [-0.05, 0) is 26.3 Å². The Balaban J connectivity index is 1.82. The Kier molecular flexibility index (Phi) is 2.84. The standard InChI is InChI=1S/C10H17N3O/c1-7-5-9(13-12-7)6-11-10-3-4-14-8(10)2/h5,8,10-11H,3-4,6H2,1-2H3,(H,12,13). The lowest BCUT2D eigenvalue weighted by Gasteiger charge is -2.14. The van der Waals surface area contributed by atoms with E-state index in [4.69, 9.17) is 4.74 Å². The van der Waals surface area contributed by atoms with E-state index in [1.807, 2.05) is 6.92 Å². The molecule has 4 heteroatoms. The highest BCUT2D eigenvalue weighted by atomic mass is 16.5. The lowest BCUT2D eigenvalue weighted by Crippen LogP contribution is -2.34. The first-order valence-corrected chi connectivity index (χ1v) is 5.11. The summed E-state index contributed by atoms with van der Waals surface area (Å²) in [4.78, 5) is 0. The summed E-state index contributed by atoms with van der Waals surface area (Å²) in [6, 6.07) is 2.54. The molecule has 2 unspecified atom stereocenters. The Morgan fingerprint density at radius 2 is 2.57 bits per heavy atom. The van der Waals surface area contributed by atoms with Crippen LogP contribution in [0.2, 0.25) is 0 Å². The Bertz CT molecular complexity index is 297. The highest BCUT2D eigenvalue weighted by molar-refractivity contribution is 5.06. The number of aryl methyl sites for hydroxylation is 1. The second kappa shape index (κ2) is 4.11. The minimum atomic E-state index is 0.329. The summed E-state index contributed by atoms with van der Waals surface area (Å²) >= 11 is 0. The predicted molar refractivity (Wildman–Crippen MR) is 54.0 cm³/mol. The van der Waals surface area contributed by atoms with Crippen LogP contribution in [0, 0.1) is 6.92 Å². The summed E-state index contributed by atoms with van der Waals surface area (Å²) in [5, 5.41) is 10.6. The molecule has 4 nitrogen and oxygen atoms in total. The average Bonchev–Trinajstić information content (AvgIpc) is 2.72. The lowest BCUT2D eigenvalue weighted by atomic mass is 10.1. The maximum atomic E-state index is 5.47. The van der Waals surface area contributed by atoms with Crippen LogP contribution >= 0.6 is 0 Å². The third-order valence-electron chi connectivity index (χ3n) is 2.68. The largest absolute Gasteiger partial charge is 0.377 e. The van der Waals surface area contributed by atoms with E-state index >= 15 is 0 Å². The average molecular weight is 195 g/mol. The fraction of sp³-hybridized carbons (Fsp3) is 0.700.